The van der Waals surface area contributed by atoms with Crippen molar-refractivity contribution in [2.75, 3.05) is 41.3 Å². The molecule has 1 aromatic carbocycles. The largest absolute Gasteiger partial charge is 0.366 e. The van der Waals surface area contributed by atoms with Gasteiger partial charge < -0.3 is 15.1 Å². The van der Waals surface area contributed by atoms with Gasteiger partial charge in [0.2, 0.25) is 5.91 Å². The van der Waals surface area contributed by atoms with Crippen LogP contribution in [0.25, 0.3) is 0 Å². The van der Waals surface area contributed by atoms with Gasteiger partial charge in [-0.2, -0.15) is 0 Å². The Labute approximate surface area is 164 Å². The first-order chi connectivity index (χ1) is 13.7. The summed E-state index contributed by atoms with van der Waals surface area (Å²) < 4.78 is 14.0. The summed E-state index contributed by atoms with van der Waals surface area (Å²) in [6.07, 6.45) is 5.40. The third-order valence-electron chi connectivity index (χ3n) is 5.67. The van der Waals surface area contributed by atoms with Gasteiger partial charge in [0.25, 0.3) is 0 Å². The summed E-state index contributed by atoms with van der Waals surface area (Å²) in [4.78, 5) is 16.5. The zero-order valence-electron chi connectivity index (χ0n) is 16.0. The molecule has 0 bridgehead atoms. The minimum absolute atomic E-state index is 0.0558. The Hall–Kier alpha value is -2.70. The van der Waals surface area contributed by atoms with E-state index in [0.29, 0.717) is 11.5 Å². The maximum Gasteiger partial charge on any atom is 0.228 e. The first-order valence-electron chi connectivity index (χ1n) is 10.1. The molecule has 2 aliphatic rings. The van der Waals surface area contributed by atoms with Crippen LogP contribution in [0, 0.1) is 11.7 Å². The normalized spacial score (nSPS) is 18.2. The molecule has 7 heteroatoms. The van der Waals surface area contributed by atoms with Crippen LogP contribution in [0.2, 0.25) is 0 Å². The number of carbonyl (C=O) groups excluding carboxylic acids is 1. The third kappa shape index (κ3) is 4.24. The van der Waals surface area contributed by atoms with Crippen molar-refractivity contribution >= 4 is 23.2 Å². The van der Waals surface area contributed by atoms with Gasteiger partial charge in [0.05, 0.1) is 5.69 Å². The topological polar surface area (TPSA) is 61.4 Å². The second-order valence-corrected chi connectivity index (χ2v) is 7.53. The van der Waals surface area contributed by atoms with Crippen molar-refractivity contribution in [3.63, 3.8) is 0 Å². The van der Waals surface area contributed by atoms with Crippen LogP contribution in [0.3, 0.4) is 0 Å². The summed E-state index contributed by atoms with van der Waals surface area (Å²) in [5, 5.41) is 11.4. The van der Waals surface area contributed by atoms with E-state index in [1.807, 2.05) is 24.3 Å². The van der Waals surface area contributed by atoms with E-state index in [1.54, 1.807) is 6.07 Å². The van der Waals surface area contributed by atoms with Crippen LogP contribution in [0.15, 0.2) is 36.4 Å². The Balaban J connectivity index is 1.32. The molecule has 1 aliphatic carbocycles. The summed E-state index contributed by atoms with van der Waals surface area (Å²) in [5.41, 5.74) is 0.647. The van der Waals surface area contributed by atoms with E-state index in [2.05, 4.69) is 25.3 Å². The molecule has 148 valence electrons. The van der Waals surface area contributed by atoms with E-state index in [9.17, 15) is 9.18 Å². The maximum atomic E-state index is 14.0. The molecule has 6 nitrogen and oxygen atoms in total. The summed E-state index contributed by atoms with van der Waals surface area (Å²) in [6, 6.07) is 10.6. The van der Waals surface area contributed by atoms with Crippen molar-refractivity contribution in [3.8, 4) is 0 Å². The molecule has 1 saturated heterocycles. The van der Waals surface area contributed by atoms with Crippen LogP contribution in [0.5, 0.6) is 0 Å². The number of aromatic nitrogens is 2. The SMILES string of the molecule is O=C(Nc1ccc(N2CCN(c3ccccc3F)CC2)nn1)C1CCCCC1. The number of para-hydroxylation sites is 1. The quantitative estimate of drug-likeness (QED) is 0.876. The monoisotopic (exact) mass is 383 g/mol. The highest BCUT2D eigenvalue weighted by atomic mass is 19.1. The predicted molar refractivity (Wildman–Crippen MR) is 108 cm³/mol. The van der Waals surface area contributed by atoms with Gasteiger partial charge in [-0.05, 0) is 37.1 Å². The number of amides is 1. The Morgan fingerprint density at radius 1 is 0.929 bits per heavy atom. The number of carbonyl (C=O) groups is 1. The second kappa shape index (κ2) is 8.54. The molecule has 4 rings (SSSR count). The van der Waals surface area contributed by atoms with Crippen LogP contribution in [0.4, 0.5) is 21.7 Å². The minimum Gasteiger partial charge on any atom is -0.366 e. The van der Waals surface area contributed by atoms with E-state index in [4.69, 9.17) is 0 Å². The second-order valence-electron chi connectivity index (χ2n) is 7.53. The summed E-state index contributed by atoms with van der Waals surface area (Å²) in [5.74, 6) is 1.25. The molecular weight excluding hydrogens is 357 g/mol. The minimum atomic E-state index is -0.186. The highest BCUT2D eigenvalue weighted by Crippen LogP contribution is 2.25. The molecule has 1 saturated carbocycles. The molecular formula is C21H26FN5O. The Bertz CT molecular complexity index is 799. The third-order valence-corrected chi connectivity index (χ3v) is 5.67. The van der Waals surface area contributed by atoms with Gasteiger partial charge in [-0.3, -0.25) is 4.79 Å². The average Bonchev–Trinajstić information content (AvgIpc) is 2.75. The number of nitrogens with one attached hydrogen (secondary N) is 1. The van der Waals surface area contributed by atoms with Crippen molar-refractivity contribution in [1.82, 2.24) is 10.2 Å². The molecule has 1 amide bonds. The highest BCUT2D eigenvalue weighted by Gasteiger charge is 2.23. The molecule has 0 unspecified atom stereocenters. The number of piperazine rings is 1. The molecule has 0 atom stereocenters. The fourth-order valence-corrected chi connectivity index (χ4v) is 4.04. The predicted octanol–water partition coefficient (Wildman–Crippen LogP) is 3.46. The van der Waals surface area contributed by atoms with Crippen molar-refractivity contribution < 1.29 is 9.18 Å². The van der Waals surface area contributed by atoms with E-state index in [0.717, 1.165) is 57.7 Å². The fourth-order valence-electron chi connectivity index (χ4n) is 4.04. The van der Waals surface area contributed by atoms with Gasteiger partial charge in [-0.1, -0.05) is 31.4 Å². The smallest absolute Gasteiger partial charge is 0.228 e. The van der Waals surface area contributed by atoms with Gasteiger partial charge in [-0.25, -0.2) is 4.39 Å². The van der Waals surface area contributed by atoms with Gasteiger partial charge in [-0.15, -0.1) is 10.2 Å². The van der Waals surface area contributed by atoms with Crippen LogP contribution in [-0.2, 0) is 4.79 Å². The molecule has 0 radical (unpaired) electrons. The summed E-state index contributed by atoms with van der Waals surface area (Å²) in [7, 11) is 0. The van der Waals surface area contributed by atoms with Gasteiger partial charge in [0.15, 0.2) is 11.6 Å². The van der Waals surface area contributed by atoms with Gasteiger partial charge in [0, 0.05) is 32.1 Å². The number of benzene rings is 1. The summed E-state index contributed by atoms with van der Waals surface area (Å²) in [6.45, 7) is 2.94. The van der Waals surface area contributed by atoms with Crippen molar-refractivity contribution in [2.45, 2.75) is 32.1 Å². The first kappa shape index (κ1) is 18.7. The zero-order chi connectivity index (χ0) is 19.3. The van der Waals surface area contributed by atoms with Gasteiger partial charge in [0.1, 0.15) is 5.82 Å². The van der Waals surface area contributed by atoms with Crippen LogP contribution < -0.4 is 15.1 Å². The Kier molecular flexibility index (Phi) is 5.69. The number of anilines is 3. The molecule has 1 N–H and O–H groups in total. The first-order valence-corrected chi connectivity index (χ1v) is 10.1. The maximum absolute atomic E-state index is 14.0. The number of hydrogen-bond acceptors (Lipinski definition) is 5. The molecule has 1 aromatic heterocycles. The van der Waals surface area contributed by atoms with E-state index in [-0.39, 0.29) is 17.6 Å². The lowest BCUT2D eigenvalue weighted by molar-refractivity contribution is -0.120. The molecule has 2 aromatic rings. The standard InChI is InChI=1S/C21H26FN5O/c22-17-8-4-5-9-18(17)26-12-14-27(15-13-26)20-11-10-19(24-25-20)23-21(28)16-6-2-1-3-7-16/h4-5,8-11,16H,1-3,6-7,12-15H2,(H,23,24,28). The molecule has 28 heavy (non-hydrogen) atoms. The number of nitrogens with zero attached hydrogens (tertiary/aromatic N) is 4. The zero-order valence-corrected chi connectivity index (χ0v) is 16.0. The fraction of sp³-hybridized carbons (Fsp3) is 0.476. The van der Waals surface area contributed by atoms with Crippen LogP contribution in [-0.4, -0.2) is 42.3 Å². The lowest BCUT2D eigenvalue weighted by Gasteiger charge is -2.36. The van der Waals surface area contributed by atoms with Crippen molar-refractivity contribution in [1.29, 1.82) is 0 Å². The number of hydrogen-bond donors (Lipinski definition) is 1. The van der Waals surface area contributed by atoms with Crippen LogP contribution >= 0.6 is 0 Å². The Morgan fingerprint density at radius 3 is 2.32 bits per heavy atom. The van der Waals surface area contributed by atoms with E-state index >= 15 is 0 Å². The number of rotatable bonds is 4. The van der Waals surface area contributed by atoms with Gasteiger partial charge >= 0.3 is 0 Å². The van der Waals surface area contributed by atoms with E-state index < -0.39 is 0 Å². The van der Waals surface area contributed by atoms with Crippen molar-refractivity contribution in [2.24, 2.45) is 5.92 Å². The lowest BCUT2D eigenvalue weighted by Crippen LogP contribution is -2.47. The molecule has 0 spiro atoms. The Morgan fingerprint density at radius 2 is 1.64 bits per heavy atom. The van der Waals surface area contributed by atoms with Crippen molar-refractivity contribution in [3.05, 3.63) is 42.2 Å². The highest BCUT2D eigenvalue weighted by molar-refractivity contribution is 5.91. The average molecular weight is 383 g/mol. The molecule has 2 heterocycles. The number of halogens is 1. The summed E-state index contributed by atoms with van der Waals surface area (Å²) >= 11 is 0. The lowest BCUT2D eigenvalue weighted by atomic mass is 9.89. The molecule has 2 fully saturated rings. The van der Waals surface area contributed by atoms with E-state index in [1.165, 1.54) is 12.5 Å². The molecule has 1 aliphatic heterocycles. The van der Waals surface area contributed by atoms with Crippen LogP contribution in [0.1, 0.15) is 32.1 Å².